The SMILES string of the molecule is COC(=O)c1ccc(C(=O)OC)c(NC(=O)c2ccc(OC)c(C)c2)c1. The van der Waals surface area contributed by atoms with Crippen LogP contribution in [0.2, 0.25) is 0 Å². The van der Waals surface area contributed by atoms with Gasteiger partial charge in [-0.05, 0) is 48.9 Å². The molecule has 0 aromatic heterocycles. The number of hydrogen-bond donors (Lipinski definition) is 1. The number of amides is 1. The highest BCUT2D eigenvalue weighted by molar-refractivity contribution is 6.09. The first-order valence-electron chi connectivity index (χ1n) is 7.68. The standard InChI is InChI=1S/C19H19NO6/c1-11-9-12(6-8-16(11)24-2)17(21)20-15-10-13(18(22)25-3)5-7-14(15)19(23)26-4/h5-10H,1-4H3,(H,20,21). The van der Waals surface area contributed by atoms with Gasteiger partial charge in [-0.1, -0.05) is 0 Å². The average molecular weight is 357 g/mol. The Hall–Kier alpha value is -3.35. The molecule has 2 rings (SSSR count). The lowest BCUT2D eigenvalue weighted by Crippen LogP contribution is -2.16. The Labute approximate surface area is 150 Å². The molecular formula is C19H19NO6. The van der Waals surface area contributed by atoms with Crippen molar-refractivity contribution in [2.75, 3.05) is 26.6 Å². The molecule has 2 aromatic carbocycles. The zero-order valence-corrected chi connectivity index (χ0v) is 14.9. The molecule has 0 aliphatic carbocycles. The Morgan fingerprint density at radius 1 is 0.846 bits per heavy atom. The molecule has 136 valence electrons. The first-order valence-corrected chi connectivity index (χ1v) is 7.68. The molecule has 7 nitrogen and oxygen atoms in total. The number of carbonyl (C=O) groups is 3. The topological polar surface area (TPSA) is 90.9 Å². The molecule has 0 heterocycles. The Morgan fingerprint density at radius 2 is 1.50 bits per heavy atom. The van der Waals surface area contributed by atoms with Gasteiger partial charge in [-0.2, -0.15) is 0 Å². The molecule has 2 aromatic rings. The van der Waals surface area contributed by atoms with E-state index in [1.807, 2.05) is 6.92 Å². The third-order valence-corrected chi connectivity index (χ3v) is 3.75. The lowest BCUT2D eigenvalue weighted by Gasteiger charge is -2.12. The summed E-state index contributed by atoms with van der Waals surface area (Å²) in [6.45, 7) is 1.81. The van der Waals surface area contributed by atoms with Crippen molar-refractivity contribution in [1.82, 2.24) is 0 Å². The van der Waals surface area contributed by atoms with Crippen LogP contribution in [0.5, 0.6) is 5.75 Å². The van der Waals surface area contributed by atoms with E-state index in [4.69, 9.17) is 9.47 Å². The van der Waals surface area contributed by atoms with Crippen LogP contribution >= 0.6 is 0 Å². The third kappa shape index (κ3) is 4.00. The van der Waals surface area contributed by atoms with Gasteiger partial charge in [0.2, 0.25) is 0 Å². The number of aryl methyl sites for hydroxylation is 1. The quantitative estimate of drug-likeness (QED) is 0.828. The highest BCUT2D eigenvalue weighted by Gasteiger charge is 2.18. The summed E-state index contributed by atoms with van der Waals surface area (Å²) in [7, 11) is 4.02. The van der Waals surface area contributed by atoms with Crippen molar-refractivity contribution in [1.29, 1.82) is 0 Å². The number of carbonyl (C=O) groups excluding carboxylic acids is 3. The molecule has 0 unspecified atom stereocenters. The molecule has 0 bridgehead atoms. The lowest BCUT2D eigenvalue weighted by molar-refractivity contribution is 0.0587. The van der Waals surface area contributed by atoms with Crippen LogP contribution in [-0.4, -0.2) is 39.2 Å². The second-order valence-corrected chi connectivity index (χ2v) is 5.38. The summed E-state index contributed by atoms with van der Waals surface area (Å²) < 4.78 is 14.6. The molecule has 0 atom stereocenters. The van der Waals surface area contributed by atoms with Crippen molar-refractivity contribution < 1.29 is 28.6 Å². The molecule has 0 aliphatic rings. The summed E-state index contributed by atoms with van der Waals surface area (Å²) in [5, 5.41) is 2.64. The fraction of sp³-hybridized carbons (Fsp3) is 0.211. The van der Waals surface area contributed by atoms with Gasteiger partial charge in [0.25, 0.3) is 5.91 Å². The molecule has 1 N–H and O–H groups in total. The summed E-state index contributed by atoms with van der Waals surface area (Å²) in [4.78, 5) is 36.2. The summed E-state index contributed by atoms with van der Waals surface area (Å²) in [6, 6.07) is 9.13. The molecule has 0 saturated heterocycles. The number of nitrogens with one attached hydrogen (secondary N) is 1. The molecule has 0 aliphatic heterocycles. The molecule has 26 heavy (non-hydrogen) atoms. The van der Waals surface area contributed by atoms with Crippen LogP contribution in [-0.2, 0) is 9.47 Å². The van der Waals surface area contributed by atoms with Crippen molar-refractivity contribution in [3.05, 3.63) is 58.7 Å². The van der Waals surface area contributed by atoms with Crippen molar-refractivity contribution in [3.8, 4) is 5.75 Å². The number of ether oxygens (including phenoxy) is 3. The fourth-order valence-electron chi connectivity index (χ4n) is 2.39. The van der Waals surface area contributed by atoms with Gasteiger partial charge in [0.05, 0.1) is 38.1 Å². The Morgan fingerprint density at radius 3 is 2.08 bits per heavy atom. The second kappa shape index (κ2) is 8.15. The molecule has 0 fully saturated rings. The molecule has 1 amide bonds. The minimum Gasteiger partial charge on any atom is -0.496 e. The maximum absolute atomic E-state index is 12.6. The second-order valence-electron chi connectivity index (χ2n) is 5.38. The van der Waals surface area contributed by atoms with Crippen LogP contribution in [0, 0.1) is 6.92 Å². The van der Waals surface area contributed by atoms with Gasteiger partial charge in [-0.15, -0.1) is 0 Å². The largest absolute Gasteiger partial charge is 0.496 e. The van der Waals surface area contributed by atoms with E-state index in [-0.39, 0.29) is 16.8 Å². The summed E-state index contributed by atoms with van der Waals surface area (Å²) >= 11 is 0. The highest BCUT2D eigenvalue weighted by atomic mass is 16.5. The third-order valence-electron chi connectivity index (χ3n) is 3.75. The van der Waals surface area contributed by atoms with Crippen molar-refractivity contribution in [3.63, 3.8) is 0 Å². The zero-order valence-electron chi connectivity index (χ0n) is 14.9. The summed E-state index contributed by atoms with van der Waals surface area (Å²) in [5.41, 5.74) is 1.64. The number of methoxy groups -OCH3 is 3. The van der Waals surface area contributed by atoms with E-state index in [2.05, 4.69) is 10.1 Å². The van der Waals surface area contributed by atoms with Crippen LogP contribution in [0.3, 0.4) is 0 Å². The van der Waals surface area contributed by atoms with Gasteiger partial charge >= 0.3 is 11.9 Å². The fourth-order valence-corrected chi connectivity index (χ4v) is 2.39. The maximum atomic E-state index is 12.6. The maximum Gasteiger partial charge on any atom is 0.339 e. The predicted octanol–water partition coefficient (Wildman–Crippen LogP) is 2.83. The minimum atomic E-state index is -0.636. The van der Waals surface area contributed by atoms with Gasteiger partial charge in [0, 0.05) is 5.56 Å². The number of hydrogen-bond acceptors (Lipinski definition) is 6. The van der Waals surface area contributed by atoms with Crippen molar-refractivity contribution in [2.45, 2.75) is 6.92 Å². The van der Waals surface area contributed by atoms with Crippen LogP contribution in [0.25, 0.3) is 0 Å². The van der Waals surface area contributed by atoms with Gasteiger partial charge in [-0.3, -0.25) is 4.79 Å². The van der Waals surface area contributed by atoms with Crippen molar-refractivity contribution in [2.24, 2.45) is 0 Å². The van der Waals surface area contributed by atoms with Gasteiger partial charge in [0.15, 0.2) is 0 Å². The number of benzene rings is 2. The van der Waals surface area contributed by atoms with E-state index in [0.29, 0.717) is 11.3 Å². The van der Waals surface area contributed by atoms with Crippen LogP contribution in [0.15, 0.2) is 36.4 Å². The van der Waals surface area contributed by atoms with E-state index in [1.54, 1.807) is 25.3 Å². The van der Waals surface area contributed by atoms with Gasteiger partial charge in [0.1, 0.15) is 5.75 Å². The Kier molecular flexibility index (Phi) is 5.95. The van der Waals surface area contributed by atoms with Gasteiger partial charge in [-0.25, -0.2) is 9.59 Å². The first-order chi connectivity index (χ1) is 12.4. The van der Waals surface area contributed by atoms with E-state index in [1.165, 1.54) is 32.4 Å². The normalized spacial score (nSPS) is 10.0. The summed E-state index contributed by atoms with van der Waals surface area (Å²) in [6.07, 6.45) is 0. The minimum absolute atomic E-state index is 0.124. The monoisotopic (exact) mass is 357 g/mol. The van der Waals surface area contributed by atoms with E-state index < -0.39 is 17.8 Å². The average Bonchev–Trinajstić information content (AvgIpc) is 2.66. The Balaban J connectivity index is 2.39. The Bertz CT molecular complexity index is 859. The summed E-state index contributed by atoms with van der Waals surface area (Å²) in [5.74, 6) is -1.01. The highest BCUT2D eigenvalue weighted by Crippen LogP contribution is 2.22. The zero-order chi connectivity index (χ0) is 19.3. The lowest BCUT2D eigenvalue weighted by atomic mass is 10.1. The van der Waals surface area contributed by atoms with E-state index in [0.717, 1.165) is 5.56 Å². The number of rotatable bonds is 5. The molecule has 0 saturated carbocycles. The van der Waals surface area contributed by atoms with Gasteiger partial charge < -0.3 is 19.5 Å². The van der Waals surface area contributed by atoms with E-state index in [9.17, 15) is 14.4 Å². The first kappa shape index (κ1) is 19.0. The van der Waals surface area contributed by atoms with E-state index >= 15 is 0 Å². The van der Waals surface area contributed by atoms with Crippen molar-refractivity contribution >= 4 is 23.5 Å². The molecular weight excluding hydrogens is 338 g/mol. The molecule has 7 heteroatoms. The smallest absolute Gasteiger partial charge is 0.339 e. The number of anilines is 1. The van der Waals surface area contributed by atoms with Crippen LogP contribution in [0.1, 0.15) is 36.6 Å². The number of esters is 2. The molecule has 0 radical (unpaired) electrons. The predicted molar refractivity (Wildman–Crippen MR) is 94.8 cm³/mol. The van der Waals surface area contributed by atoms with Crippen LogP contribution < -0.4 is 10.1 Å². The molecule has 0 spiro atoms. The van der Waals surface area contributed by atoms with Crippen LogP contribution in [0.4, 0.5) is 5.69 Å².